The van der Waals surface area contributed by atoms with Gasteiger partial charge in [-0.2, -0.15) is 0 Å². The summed E-state index contributed by atoms with van der Waals surface area (Å²) in [4.78, 5) is 21.2. The molecule has 0 bridgehead atoms. The summed E-state index contributed by atoms with van der Waals surface area (Å²) < 4.78 is 1.98. The molecule has 3 heterocycles. The molecular formula is C23H26N6OS. The van der Waals surface area contributed by atoms with Crippen molar-refractivity contribution in [3.63, 3.8) is 0 Å². The van der Waals surface area contributed by atoms with Crippen LogP contribution in [-0.2, 0) is 17.9 Å². The third-order valence-electron chi connectivity index (χ3n) is 5.27. The lowest BCUT2D eigenvalue weighted by molar-refractivity contribution is -0.130. The van der Waals surface area contributed by atoms with Crippen LogP contribution in [0, 0.1) is 0 Å². The number of piperazine rings is 1. The average molecular weight is 435 g/mol. The van der Waals surface area contributed by atoms with Crippen LogP contribution in [0.25, 0.3) is 11.4 Å². The SMILES string of the molecule is C=CCn1c(SCC(=O)N2CCN(Cc3ccccc3)CC2)nnc1-c1ccncc1. The van der Waals surface area contributed by atoms with Crippen molar-refractivity contribution >= 4 is 17.7 Å². The number of aromatic nitrogens is 4. The predicted molar refractivity (Wildman–Crippen MR) is 122 cm³/mol. The van der Waals surface area contributed by atoms with Crippen LogP contribution < -0.4 is 0 Å². The zero-order valence-electron chi connectivity index (χ0n) is 17.4. The van der Waals surface area contributed by atoms with Crippen LogP contribution in [0.3, 0.4) is 0 Å². The minimum absolute atomic E-state index is 0.142. The Morgan fingerprint density at radius 2 is 1.77 bits per heavy atom. The summed E-state index contributed by atoms with van der Waals surface area (Å²) in [5.74, 6) is 1.25. The molecule has 1 fully saturated rings. The van der Waals surface area contributed by atoms with Gasteiger partial charge in [-0.3, -0.25) is 19.2 Å². The number of carbonyl (C=O) groups excluding carboxylic acids is 1. The van der Waals surface area contributed by atoms with Gasteiger partial charge in [-0.15, -0.1) is 16.8 Å². The van der Waals surface area contributed by atoms with Gasteiger partial charge in [-0.05, 0) is 17.7 Å². The second kappa shape index (κ2) is 10.4. The first-order valence-electron chi connectivity index (χ1n) is 10.4. The van der Waals surface area contributed by atoms with Crippen LogP contribution in [0.5, 0.6) is 0 Å². The van der Waals surface area contributed by atoms with E-state index in [0.717, 1.165) is 49.3 Å². The van der Waals surface area contributed by atoms with E-state index >= 15 is 0 Å². The van der Waals surface area contributed by atoms with Gasteiger partial charge in [0, 0.05) is 57.2 Å². The minimum Gasteiger partial charge on any atom is -0.339 e. The topological polar surface area (TPSA) is 67.2 Å². The van der Waals surface area contributed by atoms with Crippen molar-refractivity contribution in [1.82, 2.24) is 29.5 Å². The molecule has 4 rings (SSSR count). The van der Waals surface area contributed by atoms with Crippen molar-refractivity contribution < 1.29 is 4.79 Å². The Balaban J connectivity index is 1.32. The highest BCUT2D eigenvalue weighted by molar-refractivity contribution is 7.99. The van der Waals surface area contributed by atoms with Crippen molar-refractivity contribution in [3.05, 3.63) is 73.1 Å². The van der Waals surface area contributed by atoms with Crippen molar-refractivity contribution in [3.8, 4) is 11.4 Å². The van der Waals surface area contributed by atoms with E-state index in [0.29, 0.717) is 12.3 Å². The van der Waals surface area contributed by atoms with Crippen LogP contribution >= 0.6 is 11.8 Å². The van der Waals surface area contributed by atoms with Gasteiger partial charge in [0.15, 0.2) is 11.0 Å². The molecule has 0 spiro atoms. The van der Waals surface area contributed by atoms with Crippen LogP contribution in [0.15, 0.2) is 72.7 Å². The van der Waals surface area contributed by atoms with E-state index in [4.69, 9.17) is 0 Å². The van der Waals surface area contributed by atoms with Crippen molar-refractivity contribution in [2.75, 3.05) is 31.9 Å². The summed E-state index contributed by atoms with van der Waals surface area (Å²) in [6.45, 7) is 8.65. The molecule has 8 heteroatoms. The number of allylic oxidation sites excluding steroid dienone is 1. The Bertz CT molecular complexity index is 999. The van der Waals surface area contributed by atoms with Gasteiger partial charge >= 0.3 is 0 Å². The lowest BCUT2D eigenvalue weighted by Gasteiger charge is -2.34. The Labute approximate surface area is 186 Å². The summed E-state index contributed by atoms with van der Waals surface area (Å²) in [6, 6.07) is 14.3. The van der Waals surface area contributed by atoms with Crippen LogP contribution in [0.1, 0.15) is 5.56 Å². The Morgan fingerprint density at radius 3 is 2.48 bits per heavy atom. The van der Waals surface area contributed by atoms with Gasteiger partial charge in [-0.25, -0.2) is 0 Å². The molecule has 1 aromatic carbocycles. The van der Waals surface area contributed by atoms with Crippen molar-refractivity contribution in [2.45, 2.75) is 18.2 Å². The number of rotatable bonds is 8. The number of hydrogen-bond acceptors (Lipinski definition) is 6. The fraction of sp³-hybridized carbons (Fsp3) is 0.304. The Kier molecular flexibility index (Phi) is 7.11. The maximum absolute atomic E-state index is 12.8. The highest BCUT2D eigenvalue weighted by Gasteiger charge is 2.22. The average Bonchev–Trinajstić information content (AvgIpc) is 3.22. The quantitative estimate of drug-likeness (QED) is 0.401. The zero-order chi connectivity index (χ0) is 21.5. The molecule has 1 aliphatic rings. The largest absolute Gasteiger partial charge is 0.339 e. The molecule has 31 heavy (non-hydrogen) atoms. The maximum Gasteiger partial charge on any atom is 0.233 e. The van der Waals surface area contributed by atoms with Crippen molar-refractivity contribution in [1.29, 1.82) is 0 Å². The molecule has 1 aliphatic heterocycles. The van der Waals surface area contributed by atoms with Gasteiger partial charge in [0.05, 0.1) is 5.75 Å². The first-order chi connectivity index (χ1) is 15.2. The monoisotopic (exact) mass is 434 g/mol. The number of pyridine rings is 1. The molecule has 2 aromatic heterocycles. The number of benzene rings is 1. The lowest BCUT2D eigenvalue weighted by atomic mass is 10.2. The summed E-state index contributed by atoms with van der Waals surface area (Å²) >= 11 is 1.43. The smallest absolute Gasteiger partial charge is 0.233 e. The first-order valence-corrected chi connectivity index (χ1v) is 11.3. The number of hydrogen-bond donors (Lipinski definition) is 0. The molecule has 1 amide bonds. The van der Waals surface area contributed by atoms with E-state index in [1.165, 1.54) is 17.3 Å². The van der Waals surface area contributed by atoms with E-state index in [-0.39, 0.29) is 5.91 Å². The van der Waals surface area contributed by atoms with E-state index in [2.05, 4.69) is 50.9 Å². The molecule has 0 saturated carbocycles. The third kappa shape index (κ3) is 5.39. The Morgan fingerprint density at radius 1 is 1.03 bits per heavy atom. The highest BCUT2D eigenvalue weighted by atomic mass is 32.2. The lowest BCUT2D eigenvalue weighted by Crippen LogP contribution is -2.48. The normalized spacial score (nSPS) is 14.5. The molecule has 0 aliphatic carbocycles. The fourth-order valence-electron chi connectivity index (χ4n) is 3.62. The molecule has 7 nitrogen and oxygen atoms in total. The van der Waals surface area contributed by atoms with Gasteiger partial charge < -0.3 is 4.90 Å². The third-order valence-corrected chi connectivity index (χ3v) is 6.22. The molecule has 0 atom stereocenters. The van der Waals surface area contributed by atoms with E-state index in [1.54, 1.807) is 12.4 Å². The van der Waals surface area contributed by atoms with Gasteiger partial charge in [0.2, 0.25) is 5.91 Å². The van der Waals surface area contributed by atoms with E-state index < -0.39 is 0 Å². The van der Waals surface area contributed by atoms with Gasteiger partial charge in [-0.1, -0.05) is 48.2 Å². The van der Waals surface area contributed by atoms with E-state index in [9.17, 15) is 4.79 Å². The number of amides is 1. The standard InChI is InChI=1S/C23H26N6OS/c1-2-12-29-22(20-8-10-24-11-9-20)25-26-23(29)31-18-21(30)28-15-13-27(14-16-28)17-19-6-4-3-5-7-19/h2-11H,1,12-18H2. The molecule has 0 unspecified atom stereocenters. The highest BCUT2D eigenvalue weighted by Crippen LogP contribution is 2.24. The maximum atomic E-state index is 12.8. The Hall–Kier alpha value is -2.97. The fourth-order valence-corrected chi connectivity index (χ4v) is 4.47. The molecular weight excluding hydrogens is 408 g/mol. The summed E-state index contributed by atoms with van der Waals surface area (Å²) in [5.41, 5.74) is 2.25. The number of carbonyl (C=O) groups is 1. The van der Waals surface area contributed by atoms with Crippen LogP contribution in [0.2, 0.25) is 0 Å². The second-order valence-corrected chi connectivity index (χ2v) is 8.32. The number of thioether (sulfide) groups is 1. The number of nitrogens with zero attached hydrogens (tertiary/aromatic N) is 6. The van der Waals surface area contributed by atoms with Crippen LogP contribution in [0.4, 0.5) is 0 Å². The van der Waals surface area contributed by atoms with Crippen molar-refractivity contribution in [2.24, 2.45) is 0 Å². The zero-order valence-corrected chi connectivity index (χ0v) is 18.2. The molecule has 1 saturated heterocycles. The van der Waals surface area contributed by atoms with E-state index in [1.807, 2.05) is 33.7 Å². The minimum atomic E-state index is 0.142. The summed E-state index contributed by atoms with van der Waals surface area (Å²) in [6.07, 6.45) is 5.28. The van der Waals surface area contributed by atoms with Crippen LogP contribution in [-0.4, -0.2) is 67.4 Å². The van der Waals surface area contributed by atoms with Gasteiger partial charge in [0.25, 0.3) is 0 Å². The molecule has 3 aromatic rings. The molecule has 0 radical (unpaired) electrons. The second-order valence-electron chi connectivity index (χ2n) is 7.37. The predicted octanol–water partition coefficient (Wildman–Crippen LogP) is 2.96. The summed E-state index contributed by atoms with van der Waals surface area (Å²) in [7, 11) is 0. The molecule has 160 valence electrons. The van der Waals surface area contributed by atoms with Gasteiger partial charge in [0.1, 0.15) is 0 Å². The molecule has 0 N–H and O–H groups in total. The summed E-state index contributed by atoms with van der Waals surface area (Å²) in [5, 5.41) is 9.37. The first kappa shape index (κ1) is 21.3.